The maximum atomic E-state index is 4.63. The number of nitrogens with one attached hydrogen (secondary N) is 2. The summed E-state index contributed by atoms with van der Waals surface area (Å²) in [7, 11) is 0. The van der Waals surface area contributed by atoms with Crippen molar-refractivity contribution in [3.05, 3.63) is 40.6 Å². The van der Waals surface area contributed by atoms with E-state index in [9.17, 15) is 0 Å². The Bertz CT molecular complexity index is 592. The summed E-state index contributed by atoms with van der Waals surface area (Å²) in [6, 6.07) is 2.15. The molecule has 2 rings (SSSR count). The van der Waals surface area contributed by atoms with Crippen LogP contribution in [0.25, 0.3) is 0 Å². The van der Waals surface area contributed by atoms with E-state index in [0.717, 1.165) is 41.7 Å². The number of imidazole rings is 1. The summed E-state index contributed by atoms with van der Waals surface area (Å²) in [5.74, 6) is 3.05. The van der Waals surface area contributed by atoms with Crippen LogP contribution in [0.3, 0.4) is 0 Å². The van der Waals surface area contributed by atoms with Gasteiger partial charge in [-0.3, -0.25) is 0 Å². The summed E-state index contributed by atoms with van der Waals surface area (Å²) in [5, 5.41) is 3.48. The fourth-order valence-electron chi connectivity index (χ4n) is 2.40. The Kier molecular flexibility index (Phi) is 5.67. The molecule has 0 fully saturated rings. The van der Waals surface area contributed by atoms with E-state index in [0.29, 0.717) is 0 Å². The summed E-state index contributed by atoms with van der Waals surface area (Å²) in [4.78, 5) is 12.1. The van der Waals surface area contributed by atoms with Crippen LogP contribution in [0.5, 0.6) is 0 Å². The number of thioether (sulfide) groups is 1. The molecule has 0 aromatic carbocycles. The predicted molar refractivity (Wildman–Crippen MR) is 91.1 cm³/mol. The van der Waals surface area contributed by atoms with Crippen LogP contribution < -0.4 is 5.32 Å². The Morgan fingerprint density at radius 3 is 2.76 bits per heavy atom. The van der Waals surface area contributed by atoms with Gasteiger partial charge >= 0.3 is 0 Å². The third-order valence-corrected chi connectivity index (χ3v) is 4.51. The molecule has 2 N–H and O–H groups in total. The number of rotatable bonds is 7. The van der Waals surface area contributed by atoms with Gasteiger partial charge in [-0.05, 0) is 44.4 Å². The predicted octanol–water partition coefficient (Wildman–Crippen LogP) is 3.64. The second kappa shape index (κ2) is 7.50. The fraction of sp³-hybridized carbons (Fsp3) is 0.500. The molecule has 2 aromatic heterocycles. The number of pyridine rings is 1. The van der Waals surface area contributed by atoms with Crippen molar-refractivity contribution in [2.75, 3.05) is 17.6 Å². The second-order valence-corrected chi connectivity index (χ2v) is 6.32. The fourth-order valence-corrected chi connectivity index (χ4v) is 3.27. The van der Waals surface area contributed by atoms with Crippen molar-refractivity contribution in [2.45, 2.75) is 39.9 Å². The van der Waals surface area contributed by atoms with Crippen molar-refractivity contribution >= 4 is 17.6 Å². The molecule has 0 aliphatic rings. The van der Waals surface area contributed by atoms with Crippen LogP contribution in [0.15, 0.2) is 12.4 Å². The van der Waals surface area contributed by atoms with Gasteiger partial charge in [-0.1, -0.05) is 6.92 Å². The van der Waals surface area contributed by atoms with Crippen molar-refractivity contribution in [3.8, 4) is 0 Å². The molecular weight excluding hydrogens is 280 g/mol. The Morgan fingerprint density at radius 2 is 2.10 bits per heavy atom. The van der Waals surface area contributed by atoms with E-state index in [4.69, 9.17) is 0 Å². The monoisotopic (exact) mass is 304 g/mol. The van der Waals surface area contributed by atoms with E-state index in [1.165, 1.54) is 16.8 Å². The first-order chi connectivity index (χ1) is 10.1. The van der Waals surface area contributed by atoms with Gasteiger partial charge in [0.2, 0.25) is 0 Å². The smallest absolute Gasteiger partial charge is 0.129 e. The molecule has 0 aliphatic heterocycles. The standard InChI is InChI=1S/C16H24N4S/c1-5-14-11(2)8-12(3)20-16(14)17-6-7-21-9-15-13(4)18-10-19-15/h8,10H,5-7,9H2,1-4H3,(H,17,20)(H,18,19). The van der Waals surface area contributed by atoms with Crippen molar-refractivity contribution < 1.29 is 0 Å². The van der Waals surface area contributed by atoms with Crippen LogP contribution >= 0.6 is 11.8 Å². The molecule has 4 nitrogen and oxygen atoms in total. The number of anilines is 1. The van der Waals surface area contributed by atoms with Gasteiger partial charge in [0.05, 0.1) is 12.0 Å². The van der Waals surface area contributed by atoms with Crippen molar-refractivity contribution in [1.29, 1.82) is 0 Å². The van der Waals surface area contributed by atoms with Gasteiger partial charge in [0, 0.05) is 29.4 Å². The number of aryl methyl sites for hydroxylation is 3. The molecule has 0 unspecified atom stereocenters. The summed E-state index contributed by atoms with van der Waals surface area (Å²) in [5.41, 5.74) is 6.05. The van der Waals surface area contributed by atoms with Crippen LogP contribution in [0.4, 0.5) is 5.82 Å². The lowest BCUT2D eigenvalue weighted by molar-refractivity contribution is 1.03. The van der Waals surface area contributed by atoms with Gasteiger partial charge in [-0.25, -0.2) is 9.97 Å². The first-order valence-electron chi connectivity index (χ1n) is 7.39. The molecule has 0 saturated heterocycles. The van der Waals surface area contributed by atoms with Crippen molar-refractivity contribution in [3.63, 3.8) is 0 Å². The lowest BCUT2D eigenvalue weighted by atomic mass is 10.1. The van der Waals surface area contributed by atoms with Gasteiger partial charge in [-0.15, -0.1) is 0 Å². The van der Waals surface area contributed by atoms with Crippen molar-refractivity contribution in [1.82, 2.24) is 15.0 Å². The quantitative estimate of drug-likeness (QED) is 0.767. The largest absolute Gasteiger partial charge is 0.369 e. The third-order valence-electron chi connectivity index (χ3n) is 3.54. The van der Waals surface area contributed by atoms with Gasteiger partial charge in [0.25, 0.3) is 0 Å². The maximum absolute atomic E-state index is 4.63. The minimum Gasteiger partial charge on any atom is -0.369 e. The van der Waals surface area contributed by atoms with E-state index < -0.39 is 0 Å². The highest BCUT2D eigenvalue weighted by Crippen LogP contribution is 2.19. The molecule has 21 heavy (non-hydrogen) atoms. The minimum absolute atomic E-state index is 0.928. The van der Waals surface area contributed by atoms with Crippen LogP contribution in [0.2, 0.25) is 0 Å². The second-order valence-electron chi connectivity index (χ2n) is 5.21. The van der Waals surface area contributed by atoms with E-state index in [1.54, 1.807) is 6.33 Å². The van der Waals surface area contributed by atoms with Crippen LogP contribution in [0, 0.1) is 20.8 Å². The van der Waals surface area contributed by atoms with Gasteiger partial charge in [0.15, 0.2) is 0 Å². The summed E-state index contributed by atoms with van der Waals surface area (Å²) < 4.78 is 0. The van der Waals surface area contributed by atoms with E-state index in [1.807, 2.05) is 18.7 Å². The molecule has 0 bridgehead atoms. The lowest BCUT2D eigenvalue weighted by Gasteiger charge is -2.13. The lowest BCUT2D eigenvalue weighted by Crippen LogP contribution is -2.10. The van der Waals surface area contributed by atoms with Gasteiger partial charge in [-0.2, -0.15) is 11.8 Å². The Morgan fingerprint density at radius 1 is 1.29 bits per heavy atom. The zero-order valence-electron chi connectivity index (χ0n) is 13.3. The molecular formula is C16H24N4S. The average Bonchev–Trinajstić information content (AvgIpc) is 2.83. The number of nitrogens with zero attached hydrogens (tertiary/aromatic N) is 2. The molecule has 0 spiro atoms. The SMILES string of the molecule is CCc1c(C)cc(C)nc1NCCSCc1nc[nH]c1C. The molecule has 5 heteroatoms. The summed E-state index contributed by atoms with van der Waals surface area (Å²) in [6.07, 6.45) is 2.78. The van der Waals surface area contributed by atoms with E-state index in [2.05, 4.69) is 47.1 Å². The van der Waals surface area contributed by atoms with Gasteiger partial charge in [0.1, 0.15) is 5.82 Å². The summed E-state index contributed by atoms with van der Waals surface area (Å²) >= 11 is 1.89. The molecule has 0 aliphatic carbocycles. The molecule has 114 valence electrons. The molecule has 0 radical (unpaired) electrons. The summed E-state index contributed by atoms with van der Waals surface area (Å²) in [6.45, 7) is 9.38. The zero-order valence-corrected chi connectivity index (χ0v) is 14.1. The molecule has 0 atom stereocenters. The topological polar surface area (TPSA) is 53.6 Å². The number of H-pyrrole nitrogens is 1. The Balaban J connectivity index is 1.82. The average molecular weight is 304 g/mol. The normalized spacial score (nSPS) is 10.9. The van der Waals surface area contributed by atoms with Crippen LogP contribution in [0.1, 0.15) is 35.1 Å². The number of hydrogen-bond donors (Lipinski definition) is 2. The first-order valence-corrected chi connectivity index (χ1v) is 8.54. The third kappa shape index (κ3) is 4.24. The number of aromatic nitrogens is 3. The Hall–Kier alpha value is -1.49. The molecule has 2 heterocycles. The number of aromatic amines is 1. The minimum atomic E-state index is 0.928. The maximum Gasteiger partial charge on any atom is 0.129 e. The first kappa shape index (κ1) is 15.9. The Labute approximate surface area is 131 Å². The van der Waals surface area contributed by atoms with Gasteiger partial charge < -0.3 is 10.3 Å². The molecule has 2 aromatic rings. The molecule has 0 saturated carbocycles. The highest BCUT2D eigenvalue weighted by atomic mass is 32.2. The molecule has 0 amide bonds. The highest BCUT2D eigenvalue weighted by molar-refractivity contribution is 7.98. The van der Waals surface area contributed by atoms with E-state index >= 15 is 0 Å². The van der Waals surface area contributed by atoms with Crippen LogP contribution in [-0.4, -0.2) is 27.2 Å². The van der Waals surface area contributed by atoms with Crippen molar-refractivity contribution in [2.24, 2.45) is 0 Å². The highest BCUT2D eigenvalue weighted by Gasteiger charge is 2.07. The van der Waals surface area contributed by atoms with E-state index in [-0.39, 0.29) is 0 Å². The zero-order chi connectivity index (χ0) is 15.2. The number of hydrogen-bond acceptors (Lipinski definition) is 4. The van der Waals surface area contributed by atoms with Crippen LogP contribution in [-0.2, 0) is 12.2 Å².